The molecule has 0 spiro atoms. The monoisotopic (exact) mass is 292 g/mol. The third kappa shape index (κ3) is 5.39. The van der Waals surface area contributed by atoms with E-state index in [4.69, 9.17) is 5.11 Å². The maximum atomic E-state index is 11.7. The van der Waals surface area contributed by atoms with E-state index < -0.39 is 5.97 Å². The van der Waals surface area contributed by atoms with Gasteiger partial charge in [-0.2, -0.15) is 0 Å². The minimum atomic E-state index is -0.930. The second kappa shape index (κ2) is 7.03. The van der Waals surface area contributed by atoms with Gasteiger partial charge in [0.05, 0.1) is 24.0 Å². The molecule has 3 N–H and O–H groups in total. The lowest BCUT2D eigenvalue weighted by atomic mass is 10.2. The predicted molar refractivity (Wildman–Crippen MR) is 78.3 cm³/mol. The quantitative estimate of drug-likeness (QED) is 0.695. The number of amides is 2. The summed E-state index contributed by atoms with van der Waals surface area (Å²) >= 11 is 0. The molecule has 0 unspecified atom stereocenters. The van der Waals surface area contributed by atoms with Crippen LogP contribution in [0.3, 0.4) is 0 Å². The van der Waals surface area contributed by atoms with Crippen LogP contribution < -0.4 is 10.6 Å². The summed E-state index contributed by atoms with van der Waals surface area (Å²) in [6.45, 7) is 1.41. The molecule has 1 aromatic heterocycles. The highest BCUT2D eigenvalue weighted by Gasteiger charge is 2.25. The van der Waals surface area contributed by atoms with E-state index >= 15 is 0 Å². The lowest BCUT2D eigenvalue weighted by Gasteiger charge is -2.15. The van der Waals surface area contributed by atoms with Crippen molar-refractivity contribution >= 4 is 17.7 Å². The van der Waals surface area contributed by atoms with Gasteiger partial charge in [-0.15, -0.1) is 0 Å². The van der Waals surface area contributed by atoms with Gasteiger partial charge in [-0.3, -0.25) is 9.78 Å². The van der Waals surface area contributed by atoms with Gasteiger partial charge in [-0.25, -0.2) is 4.79 Å². The Kier molecular flexibility index (Phi) is 5.10. The maximum Gasteiger partial charge on any atom is 0.319 e. The fourth-order valence-electron chi connectivity index (χ4n) is 1.98. The van der Waals surface area contributed by atoms with Crippen molar-refractivity contribution in [2.24, 2.45) is 0 Å². The van der Waals surface area contributed by atoms with Gasteiger partial charge in [0.2, 0.25) is 0 Å². The zero-order chi connectivity index (χ0) is 15.2. The highest BCUT2D eigenvalue weighted by molar-refractivity contribution is 5.89. The molecule has 0 radical (unpaired) electrons. The van der Waals surface area contributed by atoms with Crippen LogP contribution in [-0.4, -0.2) is 53.2 Å². The Hall–Kier alpha value is -2.15. The Morgan fingerprint density at radius 2 is 2.19 bits per heavy atom. The maximum absolute atomic E-state index is 11.7. The van der Waals surface area contributed by atoms with Crippen LogP contribution in [0.25, 0.3) is 0 Å². The number of hydrogen-bond donors (Lipinski definition) is 3. The van der Waals surface area contributed by atoms with Crippen LogP contribution in [0.15, 0.2) is 18.3 Å². The summed E-state index contributed by atoms with van der Waals surface area (Å²) in [7, 11) is 2.06. The van der Waals surface area contributed by atoms with E-state index in [0.29, 0.717) is 24.0 Å². The van der Waals surface area contributed by atoms with E-state index in [2.05, 4.69) is 27.6 Å². The number of rotatable bonds is 7. The molecule has 1 aliphatic carbocycles. The molecule has 1 saturated carbocycles. The zero-order valence-electron chi connectivity index (χ0n) is 12.0. The number of likely N-dealkylation sites (N-methyl/N-ethyl adjacent to an activating group) is 1. The van der Waals surface area contributed by atoms with Gasteiger partial charge in [0.15, 0.2) is 0 Å². The SMILES string of the molecule is CN(CCNC(=O)Nc1ccc(CC(=O)O)nc1)C1CC1. The van der Waals surface area contributed by atoms with Gasteiger partial charge in [0, 0.05) is 19.1 Å². The molecule has 2 rings (SSSR count). The number of aliphatic carboxylic acids is 1. The van der Waals surface area contributed by atoms with E-state index in [9.17, 15) is 9.59 Å². The molecule has 114 valence electrons. The summed E-state index contributed by atoms with van der Waals surface area (Å²) in [5.74, 6) is -0.930. The van der Waals surface area contributed by atoms with Crippen LogP contribution in [0.5, 0.6) is 0 Å². The average Bonchev–Trinajstić information content (AvgIpc) is 3.24. The van der Waals surface area contributed by atoms with Crippen LogP contribution in [-0.2, 0) is 11.2 Å². The molecule has 0 aliphatic heterocycles. The number of aromatic nitrogens is 1. The van der Waals surface area contributed by atoms with Gasteiger partial charge in [0.1, 0.15) is 0 Å². The van der Waals surface area contributed by atoms with Crippen LogP contribution in [0, 0.1) is 0 Å². The first kappa shape index (κ1) is 15.2. The van der Waals surface area contributed by atoms with Gasteiger partial charge in [0.25, 0.3) is 0 Å². The minimum Gasteiger partial charge on any atom is -0.481 e. The molecular weight excluding hydrogens is 272 g/mol. The Bertz CT molecular complexity index is 499. The van der Waals surface area contributed by atoms with Gasteiger partial charge < -0.3 is 20.6 Å². The number of carboxylic acid groups (broad SMARTS) is 1. The first-order valence-electron chi connectivity index (χ1n) is 6.96. The number of carbonyl (C=O) groups excluding carboxylic acids is 1. The van der Waals surface area contributed by atoms with Crippen LogP contribution >= 0.6 is 0 Å². The molecule has 1 heterocycles. The van der Waals surface area contributed by atoms with Crippen molar-refractivity contribution in [1.29, 1.82) is 0 Å². The fourth-order valence-corrected chi connectivity index (χ4v) is 1.98. The Morgan fingerprint density at radius 3 is 2.76 bits per heavy atom. The smallest absolute Gasteiger partial charge is 0.319 e. The molecule has 1 fully saturated rings. The highest BCUT2D eigenvalue weighted by atomic mass is 16.4. The second-order valence-corrected chi connectivity index (χ2v) is 5.20. The van der Waals surface area contributed by atoms with Crippen LogP contribution in [0.1, 0.15) is 18.5 Å². The van der Waals surface area contributed by atoms with Crippen molar-refractivity contribution in [3.05, 3.63) is 24.0 Å². The largest absolute Gasteiger partial charge is 0.481 e. The topological polar surface area (TPSA) is 94.6 Å². The number of hydrogen-bond acceptors (Lipinski definition) is 4. The third-order valence-electron chi connectivity index (χ3n) is 3.34. The summed E-state index contributed by atoms with van der Waals surface area (Å²) in [5.41, 5.74) is 0.997. The predicted octanol–water partition coefficient (Wildman–Crippen LogP) is 0.924. The van der Waals surface area contributed by atoms with Crippen molar-refractivity contribution in [3.63, 3.8) is 0 Å². The van der Waals surface area contributed by atoms with E-state index in [1.165, 1.54) is 19.0 Å². The molecule has 7 heteroatoms. The first-order valence-corrected chi connectivity index (χ1v) is 6.96. The van der Waals surface area contributed by atoms with Gasteiger partial charge >= 0.3 is 12.0 Å². The molecule has 0 bridgehead atoms. The Labute approximate surface area is 123 Å². The van der Waals surface area contributed by atoms with Crippen molar-refractivity contribution in [3.8, 4) is 0 Å². The molecule has 21 heavy (non-hydrogen) atoms. The third-order valence-corrected chi connectivity index (χ3v) is 3.34. The second-order valence-electron chi connectivity index (χ2n) is 5.20. The summed E-state index contributed by atoms with van der Waals surface area (Å²) in [6, 6.07) is 3.62. The Morgan fingerprint density at radius 1 is 1.43 bits per heavy atom. The van der Waals surface area contributed by atoms with Crippen molar-refractivity contribution in [2.45, 2.75) is 25.3 Å². The van der Waals surface area contributed by atoms with Crippen molar-refractivity contribution in [1.82, 2.24) is 15.2 Å². The molecular formula is C14H20N4O3. The lowest BCUT2D eigenvalue weighted by molar-refractivity contribution is -0.136. The molecule has 0 atom stereocenters. The fraction of sp³-hybridized carbons (Fsp3) is 0.500. The number of pyridine rings is 1. The zero-order valence-corrected chi connectivity index (χ0v) is 12.0. The molecule has 1 aromatic rings. The Balaban J connectivity index is 1.70. The molecule has 0 aromatic carbocycles. The van der Waals surface area contributed by atoms with Crippen molar-refractivity contribution in [2.75, 3.05) is 25.5 Å². The van der Waals surface area contributed by atoms with Crippen LogP contribution in [0.4, 0.5) is 10.5 Å². The molecule has 1 aliphatic rings. The first-order chi connectivity index (χ1) is 10.0. The normalized spacial score (nSPS) is 14.0. The van der Waals surface area contributed by atoms with Crippen LogP contribution in [0.2, 0.25) is 0 Å². The standard InChI is InChI=1S/C14H20N4O3/c1-18(12-4-5-12)7-6-15-14(21)17-11-3-2-10(16-9-11)8-13(19)20/h2-3,9,12H,4-8H2,1H3,(H,19,20)(H2,15,17,21). The van der Waals surface area contributed by atoms with Gasteiger partial charge in [-0.1, -0.05) is 0 Å². The summed E-state index contributed by atoms with van der Waals surface area (Å²) < 4.78 is 0. The average molecular weight is 292 g/mol. The number of nitrogens with one attached hydrogen (secondary N) is 2. The number of urea groups is 1. The number of carboxylic acids is 1. The summed E-state index contributed by atoms with van der Waals surface area (Å²) in [4.78, 5) is 28.4. The number of anilines is 1. The van der Waals surface area contributed by atoms with E-state index in [0.717, 1.165) is 6.54 Å². The minimum absolute atomic E-state index is 0.125. The summed E-state index contributed by atoms with van der Waals surface area (Å²) in [5, 5.41) is 14.1. The summed E-state index contributed by atoms with van der Waals surface area (Å²) in [6.07, 6.45) is 3.82. The molecule has 2 amide bonds. The van der Waals surface area contributed by atoms with E-state index in [1.54, 1.807) is 12.1 Å². The molecule has 7 nitrogen and oxygen atoms in total. The van der Waals surface area contributed by atoms with E-state index in [1.807, 2.05) is 0 Å². The highest BCUT2D eigenvalue weighted by Crippen LogP contribution is 2.24. The van der Waals surface area contributed by atoms with Gasteiger partial charge in [-0.05, 0) is 32.0 Å². The lowest BCUT2D eigenvalue weighted by Crippen LogP contribution is -2.36. The number of nitrogens with zero attached hydrogens (tertiary/aromatic N) is 2. The number of carbonyl (C=O) groups is 2. The van der Waals surface area contributed by atoms with E-state index in [-0.39, 0.29) is 12.5 Å². The van der Waals surface area contributed by atoms with Crippen molar-refractivity contribution < 1.29 is 14.7 Å². The molecule has 0 saturated heterocycles.